The molecule has 0 aliphatic carbocycles. The van der Waals surface area contributed by atoms with Gasteiger partial charge in [0.1, 0.15) is 5.56 Å². The van der Waals surface area contributed by atoms with E-state index in [1.165, 1.54) is 0 Å². The van der Waals surface area contributed by atoms with Gasteiger partial charge in [-0.1, -0.05) is 13.8 Å². The van der Waals surface area contributed by atoms with Crippen molar-refractivity contribution in [1.82, 2.24) is 14.9 Å². The highest BCUT2D eigenvalue weighted by Gasteiger charge is 2.27. The molecule has 0 bridgehead atoms. The van der Waals surface area contributed by atoms with Gasteiger partial charge in [0, 0.05) is 6.04 Å². The van der Waals surface area contributed by atoms with E-state index < -0.39 is 16.0 Å². The molecular formula is C13H23N3O4S. The zero-order valence-corrected chi connectivity index (χ0v) is 13.7. The smallest absolute Gasteiger partial charge is 0.342 e. The molecule has 8 heteroatoms. The van der Waals surface area contributed by atoms with Crippen molar-refractivity contribution in [1.29, 1.82) is 0 Å². The van der Waals surface area contributed by atoms with Crippen LogP contribution in [-0.4, -0.2) is 37.2 Å². The maximum absolute atomic E-state index is 12.3. The molecule has 0 fully saturated rings. The number of nitrogens with one attached hydrogen (secondary N) is 2. The van der Waals surface area contributed by atoms with E-state index in [4.69, 9.17) is 4.74 Å². The first kappa shape index (κ1) is 17.6. The van der Waals surface area contributed by atoms with E-state index in [1.807, 2.05) is 0 Å². The predicted octanol–water partition coefficient (Wildman–Crippen LogP) is 1.69. The van der Waals surface area contributed by atoms with Gasteiger partial charge in [0.25, 0.3) is 10.0 Å². The molecule has 120 valence electrons. The van der Waals surface area contributed by atoms with Crippen molar-refractivity contribution in [2.45, 2.75) is 51.6 Å². The summed E-state index contributed by atoms with van der Waals surface area (Å²) in [4.78, 5) is 11.7. The zero-order chi connectivity index (χ0) is 16.0. The number of carbonyl (C=O) groups is 1. The summed E-state index contributed by atoms with van der Waals surface area (Å²) in [7, 11) is -3.83. The first-order valence-corrected chi connectivity index (χ1v) is 8.49. The number of aromatic nitrogens is 2. The monoisotopic (exact) mass is 317 g/mol. The van der Waals surface area contributed by atoms with E-state index in [1.54, 1.807) is 13.8 Å². The Hall–Kier alpha value is -1.41. The maximum Gasteiger partial charge on any atom is 0.342 e. The number of esters is 1. The Morgan fingerprint density at radius 3 is 2.62 bits per heavy atom. The molecule has 0 spiro atoms. The average molecular weight is 317 g/mol. The van der Waals surface area contributed by atoms with Gasteiger partial charge in [-0.25, -0.2) is 17.9 Å². The van der Waals surface area contributed by atoms with Crippen LogP contribution in [0, 0.1) is 5.92 Å². The van der Waals surface area contributed by atoms with E-state index in [0.29, 0.717) is 5.92 Å². The van der Waals surface area contributed by atoms with Gasteiger partial charge in [0.05, 0.1) is 12.8 Å². The van der Waals surface area contributed by atoms with Crippen LogP contribution in [0.3, 0.4) is 0 Å². The van der Waals surface area contributed by atoms with Gasteiger partial charge < -0.3 is 4.74 Å². The molecule has 1 aromatic heterocycles. The van der Waals surface area contributed by atoms with Crippen LogP contribution < -0.4 is 4.72 Å². The van der Waals surface area contributed by atoms with Gasteiger partial charge in [-0.05, 0) is 32.6 Å². The molecular weight excluding hydrogens is 294 g/mol. The Bertz CT molecular complexity index is 566. The van der Waals surface area contributed by atoms with Crippen LogP contribution in [0.2, 0.25) is 0 Å². The fourth-order valence-electron chi connectivity index (χ4n) is 1.80. The van der Waals surface area contributed by atoms with Crippen molar-refractivity contribution < 1.29 is 17.9 Å². The molecule has 0 amide bonds. The Balaban J connectivity index is 2.84. The predicted molar refractivity (Wildman–Crippen MR) is 78.4 cm³/mol. The quantitative estimate of drug-likeness (QED) is 0.710. The third kappa shape index (κ3) is 5.13. The molecule has 0 radical (unpaired) electrons. The van der Waals surface area contributed by atoms with Crippen molar-refractivity contribution in [3.8, 4) is 0 Å². The van der Waals surface area contributed by atoms with Gasteiger partial charge in [0.15, 0.2) is 5.03 Å². The third-order valence-electron chi connectivity index (χ3n) is 2.90. The van der Waals surface area contributed by atoms with Crippen LogP contribution in [-0.2, 0) is 14.8 Å². The molecule has 0 aliphatic heterocycles. The molecule has 0 aromatic carbocycles. The SMILES string of the molecule is CCOC(=O)c1cn[nH]c1S(=O)(=O)NC(C)CCC(C)C. The summed E-state index contributed by atoms with van der Waals surface area (Å²) in [5.74, 6) is -0.208. The summed E-state index contributed by atoms with van der Waals surface area (Å²) in [5, 5.41) is 5.73. The molecule has 1 aromatic rings. The summed E-state index contributed by atoms with van der Waals surface area (Å²) in [5.41, 5.74) is -0.0830. The number of H-pyrrole nitrogens is 1. The molecule has 7 nitrogen and oxygen atoms in total. The van der Waals surface area contributed by atoms with Crippen molar-refractivity contribution >= 4 is 16.0 Å². The van der Waals surface area contributed by atoms with E-state index >= 15 is 0 Å². The third-order valence-corrected chi connectivity index (χ3v) is 4.46. The van der Waals surface area contributed by atoms with Crippen LogP contribution in [0.5, 0.6) is 0 Å². The largest absolute Gasteiger partial charge is 0.462 e. The standard InChI is InChI=1S/C13H23N3O4S/c1-5-20-13(17)11-8-14-15-12(11)21(18,19)16-10(4)7-6-9(2)3/h8-10,16H,5-7H2,1-4H3,(H,14,15). The van der Waals surface area contributed by atoms with Crippen molar-refractivity contribution in [2.75, 3.05) is 6.61 Å². The molecule has 1 rings (SSSR count). The van der Waals surface area contributed by atoms with E-state index in [2.05, 4.69) is 28.8 Å². The zero-order valence-electron chi connectivity index (χ0n) is 12.8. The summed E-state index contributed by atoms with van der Waals surface area (Å²) < 4.78 is 31.9. The lowest BCUT2D eigenvalue weighted by Gasteiger charge is -2.15. The molecule has 1 heterocycles. The number of hydrogen-bond donors (Lipinski definition) is 2. The van der Waals surface area contributed by atoms with Gasteiger partial charge in [-0.3, -0.25) is 5.10 Å². The summed E-state index contributed by atoms with van der Waals surface area (Å²) in [6.45, 7) is 7.77. The lowest BCUT2D eigenvalue weighted by molar-refractivity contribution is 0.0522. The van der Waals surface area contributed by atoms with Gasteiger partial charge >= 0.3 is 5.97 Å². The Morgan fingerprint density at radius 2 is 2.05 bits per heavy atom. The number of carbonyl (C=O) groups excluding carboxylic acids is 1. The molecule has 0 saturated heterocycles. The lowest BCUT2D eigenvalue weighted by Crippen LogP contribution is -2.34. The fourth-order valence-corrected chi connectivity index (χ4v) is 3.16. The first-order chi connectivity index (χ1) is 9.77. The van der Waals surface area contributed by atoms with Crippen molar-refractivity contribution in [3.05, 3.63) is 11.8 Å². The molecule has 2 N–H and O–H groups in total. The number of rotatable bonds is 8. The summed E-state index contributed by atoms with van der Waals surface area (Å²) >= 11 is 0. The van der Waals surface area contributed by atoms with Gasteiger partial charge in [-0.2, -0.15) is 5.10 Å². The lowest BCUT2D eigenvalue weighted by atomic mass is 10.1. The number of hydrogen-bond acceptors (Lipinski definition) is 5. The Morgan fingerprint density at radius 1 is 1.38 bits per heavy atom. The molecule has 1 atom stereocenters. The Kier molecular flexibility index (Phi) is 6.35. The first-order valence-electron chi connectivity index (χ1n) is 7.00. The number of aromatic amines is 1. The molecule has 21 heavy (non-hydrogen) atoms. The number of nitrogens with zero attached hydrogens (tertiary/aromatic N) is 1. The normalized spacial score (nSPS) is 13.4. The minimum atomic E-state index is -3.83. The van der Waals surface area contributed by atoms with Crippen LogP contribution in [0.15, 0.2) is 11.2 Å². The van der Waals surface area contributed by atoms with Gasteiger partial charge in [-0.15, -0.1) is 0 Å². The highest BCUT2D eigenvalue weighted by atomic mass is 32.2. The number of ether oxygens (including phenoxy) is 1. The summed E-state index contributed by atoms with van der Waals surface area (Å²) in [6, 6.07) is -0.226. The van der Waals surface area contributed by atoms with Crippen LogP contribution in [0.1, 0.15) is 50.9 Å². The molecule has 0 saturated carbocycles. The topological polar surface area (TPSA) is 101 Å². The van der Waals surface area contributed by atoms with Gasteiger partial charge in [0.2, 0.25) is 0 Å². The van der Waals surface area contributed by atoms with E-state index in [9.17, 15) is 13.2 Å². The molecule has 1 unspecified atom stereocenters. The Labute approximate surface area is 125 Å². The number of sulfonamides is 1. The van der Waals surface area contributed by atoms with Crippen molar-refractivity contribution in [3.63, 3.8) is 0 Å². The van der Waals surface area contributed by atoms with Crippen LogP contribution in [0.25, 0.3) is 0 Å². The second-order valence-electron chi connectivity index (χ2n) is 5.33. The highest BCUT2D eigenvalue weighted by molar-refractivity contribution is 7.89. The van der Waals surface area contributed by atoms with Crippen LogP contribution >= 0.6 is 0 Å². The maximum atomic E-state index is 12.3. The summed E-state index contributed by atoms with van der Waals surface area (Å²) in [6.07, 6.45) is 2.79. The minimum Gasteiger partial charge on any atom is -0.462 e. The van der Waals surface area contributed by atoms with E-state index in [-0.39, 0.29) is 23.2 Å². The fraction of sp³-hybridized carbons (Fsp3) is 0.692. The second-order valence-corrected chi connectivity index (χ2v) is 6.98. The second kappa shape index (κ2) is 7.56. The van der Waals surface area contributed by atoms with Crippen LogP contribution in [0.4, 0.5) is 0 Å². The highest BCUT2D eigenvalue weighted by Crippen LogP contribution is 2.15. The van der Waals surface area contributed by atoms with Crippen molar-refractivity contribution in [2.24, 2.45) is 5.92 Å². The average Bonchev–Trinajstić information content (AvgIpc) is 2.86. The molecule has 0 aliphatic rings. The minimum absolute atomic E-state index is 0.0830. The van der Waals surface area contributed by atoms with E-state index in [0.717, 1.165) is 19.0 Å².